The highest BCUT2D eigenvalue weighted by atomic mass is 16.1. The van der Waals surface area contributed by atoms with Crippen LogP contribution >= 0.6 is 0 Å². The van der Waals surface area contributed by atoms with Crippen molar-refractivity contribution in [3.63, 3.8) is 0 Å². The Labute approximate surface area is 123 Å². The maximum Gasteiger partial charge on any atom is 0.258 e. The number of nitrogens with zero attached hydrogens (tertiary/aromatic N) is 5. The molecule has 110 valence electrons. The number of aryl methyl sites for hydroxylation is 2. The number of hydrogen-bond acceptors (Lipinski definition) is 5. The van der Waals surface area contributed by atoms with Crippen molar-refractivity contribution in [3.8, 4) is 0 Å². The van der Waals surface area contributed by atoms with Crippen LogP contribution in [0.3, 0.4) is 0 Å². The molecular weight excluding hydrogens is 266 g/mol. The van der Waals surface area contributed by atoms with Crippen LogP contribution in [0.1, 0.15) is 29.6 Å². The van der Waals surface area contributed by atoms with Gasteiger partial charge in [-0.3, -0.25) is 9.36 Å². The molecule has 2 aromatic heterocycles. The van der Waals surface area contributed by atoms with Crippen LogP contribution in [-0.4, -0.2) is 26.1 Å². The van der Waals surface area contributed by atoms with Crippen LogP contribution in [-0.2, 0) is 26.4 Å². The van der Waals surface area contributed by atoms with Gasteiger partial charge in [0.25, 0.3) is 5.56 Å². The molecule has 2 aromatic rings. The second-order valence-electron chi connectivity index (χ2n) is 5.36. The Morgan fingerprint density at radius 2 is 2.00 bits per heavy atom. The molecule has 0 saturated heterocycles. The summed E-state index contributed by atoms with van der Waals surface area (Å²) in [6.07, 6.45) is 5.38. The minimum absolute atomic E-state index is 0.0346. The zero-order chi connectivity index (χ0) is 15.0. The number of fused-ring (bicyclic) bond motifs is 1. The molecule has 6 nitrogen and oxygen atoms in total. The SMILES string of the molecule is CCc1cnc(N2CCc3nc(C)n(C)c(=O)c3C2)nc1. The molecule has 0 fully saturated rings. The molecule has 1 aliphatic rings. The third-order valence-electron chi connectivity index (χ3n) is 4.04. The van der Waals surface area contributed by atoms with Gasteiger partial charge in [-0.25, -0.2) is 15.0 Å². The van der Waals surface area contributed by atoms with Gasteiger partial charge in [0.15, 0.2) is 0 Å². The summed E-state index contributed by atoms with van der Waals surface area (Å²) < 4.78 is 1.60. The molecule has 3 rings (SSSR count). The fraction of sp³-hybridized carbons (Fsp3) is 0.467. The molecule has 0 spiro atoms. The Hall–Kier alpha value is -2.24. The Morgan fingerprint density at radius 3 is 2.67 bits per heavy atom. The van der Waals surface area contributed by atoms with Gasteiger partial charge >= 0.3 is 0 Å². The summed E-state index contributed by atoms with van der Waals surface area (Å²) in [4.78, 5) is 27.7. The van der Waals surface area contributed by atoms with Crippen LogP contribution < -0.4 is 10.5 Å². The van der Waals surface area contributed by atoms with Gasteiger partial charge in [0, 0.05) is 32.4 Å². The van der Waals surface area contributed by atoms with Crippen LogP contribution in [0.15, 0.2) is 17.2 Å². The first kappa shape index (κ1) is 13.7. The number of hydrogen-bond donors (Lipinski definition) is 0. The summed E-state index contributed by atoms with van der Waals surface area (Å²) in [7, 11) is 1.76. The maximum absolute atomic E-state index is 12.4. The van der Waals surface area contributed by atoms with E-state index in [0.717, 1.165) is 42.0 Å². The minimum Gasteiger partial charge on any atom is -0.336 e. The lowest BCUT2D eigenvalue weighted by atomic mass is 10.1. The van der Waals surface area contributed by atoms with E-state index in [9.17, 15) is 4.79 Å². The second-order valence-corrected chi connectivity index (χ2v) is 5.36. The maximum atomic E-state index is 12.4. The summed E-state index contributed by atoms with van der Waals surface area (Å²) >= 11 is 0. The Morgan fingerprint density at radius 1 is 1.29 bits per heavy atom. The van der Waals surface area contributed by atoms with Crippen molar-refractivity contribution in [2.75, 3.05) is 11.4 Å². The molecular formula is C15H19N5O. The molecule has 0 saturated carbocycles. The van der Waals surface area contributed by atoms with E-state index in [4.69, 9.17) is 0 Å². The predicted octanol–water partition coefficient (Wildman–Crippen LogP) is 1.00. The Kier molecular flexibility index (Phi) is 3.45. The normalized spacial score (nSPS) is 14.1. The zero-order valence-electron chi connectivity index (χ0n) is 12.6. The third-order valence-corrected chi connectivity index (χ3v) is 4.04. The van der Waals surface area contributed by atoms with Crippen LogP contribution in [0.4, 0.5) is 5.95 Å². The van der Waals surface area contributed by atoms with Crippen molar-refractivity contribution in [2.45, 2.75) is 33.2 Å². The van der Waals surface area contributed by atoms with Gasteiger partial charge in [-0.05, 0) is 18.9 Å². The van der Waals surface area contributed by atoms with Crippen molar-refractivity contribution in [2.24, 2.45) is 7.05 Å². The van der Waals surface area contributed by atoms with E-state index in [2.05, 4.69) is 21.9 Å². The average molecular weight is 285 g/mol. The van der Waals surface area contributed by atoms with Gasteiger partial charge in [0.05, 0.1) is 17.8 Å². The van der Waals surface area contributed by atoms with Gasteiger partial charge in [0.1, 0.15) is 5.82 Å². The molecule has 0 unspecified atom stereocenters. The lowest BCUT2D eigenvalue weighted by Gasteiger charge is -2.28. The van der Waals surface area contributed by atoms with Crippen molar-refractivity contribution in [1.82, 2.24) is 19.5 Å². The fourth-order valence-electron chi connectivity index (χ4n) is 2.55. The molecule has 1 aliphatic heterocycles. The minimum atomic E-state index is 0.0346. The highest BCUT2D eigenvalue weighted by Gasteiger charge is 2.23. The summed E-state index contributed by atoms with van der Waals surface area (Å²) in [5.74, 6) is 1.44. The Bertz CT molecular complexity index is 720. The summed E-state index contributed by atoms with van der Waals surface area (Å²) in [5.41, 5.74) is 2.83. The molecule has 0 bridgehead atoms. The van der Waals surface area contributed by atoms with Gasteiger partial charge in [-0.2, -0.15) is 0 Å². The first-order valence-electron chi connectivity index (χ1n) is 7.21. The van der Waals surface area contributed by atoms with Crippen molar-refractivity contribution in [3.05, 3.63) is 45.4 Å². The highest BCUT2D eigenvalue weighted by molar-refractivity contribution is 5.36. The van der Waals surface area contributed by atoms with E-state index < -0.39 is 0 Å². The lowest BCUT2D eigenvalue weighted by molar-refractivity contribution is 0.643. The summed E-state index contributed by atoms with van der Waals surface area (Å²) in [6.45, 7) is 5.26. The molecule has 0 N–H and O–H groups in total. The molecule has 6 heteroatoms. The van der Waals surface area contributed by atoms with E-state index in [1.54, 1.807) is 11.6 Å². The summed E-state index contributed by atoms with van der Waals surface area (Å²) in [5, 5.41) is 0. The summed E-state index contributed by atoms with van der Waals surface area (Å²) in [6, 6.07) is 0. The second kappa shape index (κ2) is 5.27. The van der Waals surface area contributed by atoms with Crippen LogP contribution in [0.25, 0.3) is 0 Å². The smallest absolute Gasteiger partial charge is 0.258 e. The molecule has 0 atom stereocenters. The zero-order valence-corrected chi connectivity index (χ0v) is 12.6. The quantitative estimate of drug-likeness (QED) is 0.824. The molecule has 0 aromatic carbocycles. The first-order chi connectivity index (χ1) is 10.1. The van der Waals surface area contributed by atoms with E-state index in [1.165, 1.54) is 0 Å². The molecule has 0 amide bonds. The lowest BCUT2D eigenvalue weighted by Crippen LogP contribution is -2.38. The standard InChI is InChI=1S/C15H19N5O/c1-4-11-7-16-15(17-8-11)20-6-5-13-12(9-20)14(21)19(3)10(2)18-13/h7-8H,4-6,9H2,1-3H3. The van der Waals surface area contributed by atoms with Crippen LogP contribution in [0.5, 0.6) is 0 Å². The third kappa shape index (κ3) is 2.41. The number of rotatable bonds is 2. The number of anilines is 1. The van der Waals surface area contributed by atoms with Crippen LogP contribution in [0, 0.1) is 6.92 Å². The Balaban J connectivity index is 1.93. The molecule has 0 radical (unpaired) electrons. The van der Waals surface area contributed by atoms with Gasteiger partial charge in [-0.15, -0.1) is 0 Å². The van der Waals surface area contributed by atoms with E-state index in [1.807, 2.05) is 24.2 Å². The van der Waals surface area contributed by atoms with Gasteiger partial charge in [0.2, 0.25) is 5.95 Å². The van der Waals surface area contributed by atoms with Crippen molar-refractivity contribution in [1.29, 1.82) is 0 Å². The average Bonchev–Trinajstić information content (AvgIpc) is 2.53. The largest absolute Gasteiger partial charge is 0.336 e. The molecule has 21 heavy (non-hydrogen) atoms. The van der Waals surface area contributed by atoms with Gasteiger partial charge in [-0.1, -0.05) is 6.92 Å². The number of aromatic nitrogens is 4. The van der Waals surface area contributed by atoms with E-state index in [-0.39, 0.29) is 5.56 Å². The van der Waals surface area contributed by atoms with Gasteiger partial charge < -0.3 is 4.90 Å². The molecule has 0 aliphatic carbocycles. The van der Waals surface area contributed by atoms with Crippen molar-refractivity contribution >= 4 is 5.95 Å². The topological polar surface area (TPSA) is 63.9 Å². The highest BCUT2D eigenvalue weighted by Crippen LogP contribution is 2.18. The monoisotopic (exact) mass is 285 g/mol. The van der Waals surface area contributed by atoms with E-state index in [0.29, 0.717) is 12.5 Å². The van der Waals surface area contributed by atoms with E-state index >= 15 is 0 Å². The molecule has 3 heterocycles. The fourth-order valence-corrected chi connectivity index (χ4v) is 2.55. The first-order valence-corrected chi connectivity index (χ1v) is 7.21. The van der Waals surface area contributed by atoms with Crippen LogP contribution in [0.2, 0.25) is 0 Å². The van der Waals surface area contributed by atoms with Crippen molar-refractivity contribution < 1.29 is 0 Å². The predicted molar refractivity (Wildman–Crippen MR) is 80.4 cm³/mol.